The molecule has 5 rings (SSSR count). The third-order valence-electron chi connectivity index (χ3n) is 7.36. The number of carbonyl (C=O) groups excluding carboxylic acids is 1. The number of nitrogens with one attached hydrogen (secondary N) is 1. The lowest BCUT2D eigenvalue weighted by Crippen LogP contribution is -2.30. The lowest BCUT2D eigenvalue weighted by Gasteiger charge is -2.20. The minimum atomic E-state index is -1.20. The van der Waals surface area contributed by atoms with E-state index in [1.165, 1.54) is 0 Å². The van der Waals surface area contributed by atoms with Crippen molar-refractivity contribution in [3.63, 3.8) is 0 Å². The van der Waals surface area contributed by atoms with Gasteiger partial charge in [0.25, 0.3) is 0 Å². The average Bonchev–Trinajstić information content (AvgIpc) is 3.66. The molecule has 0 aromatic heterocycles. The zero-order valence-corrected chi connectivity index (χ0v) is 19.8. The third-order valence-corrected chi connectivity index (χ3v) is 7.36. The Morgan fingerprint density at radius 1 is 0.944 bits per heavy atom. The van der Waals surface area contributed by atoms with Crippen molar-refractivity contribution in [2.45, 2.75) is 42.8 Å². The molecule has 3 aromatic carbocycles. The summed E-state index contributed by atoms with van der Waals surface area (Å²) >= 11 is 0. The molecule has 0 heterocycles. The van der Waals surface area contributed by atoms with Crippen LogP contribution in [0.5, 0.6) is 0 Å². The molecule has 7 heteroatoms. The van der Waals surface area contributed by atoms with Crippen molar-refractivity contribution in [3.05, 3.63) is 95.1 Å². The third kappa shape index (κ3) is 4.47. The van der Waals surface area contributed by atoms with E-state index < -0.39 is 29.7 Å². The summed E-state index contributed by atoms with van der Waals surface area (Å²) in [6.07, 6.45) is -1.67. The second kappa shape index (κ2) is 9.76. The number of rotatable bonds is 9. The number of carboxylic acid groups (broad SMARTS) is 1. The molecule has 186 valence electrons. The van der Waals surface area contributed by atoms with Crippen molar-refractivity contribution in [2.75, 3.05) is 13.2 Å². The van der Waals surface area contributed by atoms with Gasteiger partial charge < -0.3 is 25.4 Å². The predicted molar refractivity (Wildman–Crippen MR) is 134 cm³/mol. The van der Waals surface area contributed by atoms with Gasteiger partial charge >= 0.3 is 12.1 Å². The highest BCUT2D eigenvalue weighted by atomic mass is 16.5. The molecular weight excluding hydrogens is 458 g/mol. The molecule has 2 aliphatic carbocycles. The van der Waals surface area contributed by atoms with E-state index in [-0.39, 0.29) is 25.5 Å². The molecule has 0 radical (unpaired) electrons. The Morgan fingerprint density at radius 2 is 1.58 bits per heavy atom. The number of aliphatic carboxylic acids is 1. The monoisotopic (exact) mass is 487 g/mol. The number of fused-ring (bicyclic) bond motifs is 3. The first-order valence-corrected chi connectivity index (χ1v) is 12.2. The van der Waals surface area contributed by atoms with Gasteiger partial charge in [0, 0.05) is 12.5 Å². The minimum Gasteiger partial charge on any atom is -0.481 e. The van der Waals surface area contributed by atoms with Crippen LogP contribution in [-0.2, 0) is 14.9 Å². The molecule has 3 aromatic rings. The molecule has 2 atom stereocenters. The van der Waals surface area contributed by atoms with Gasteiger partial charge in [-0.25, -0.2) is 4.79 Å². The number of hydrogen-bond acceptors (Lipinski definition) is 5. The van der Waals surface area contributed by atoms with Gasteiger partial charge in [0.2, 0.25) is 0 Å². The molecule has 2 aliphatic rings. The van der Waals surface area contributed by atoms with Gasteiger partial charge in [0.15, 0.2) is 0 Å². The Bertz CT molecular complexity index is 1240. The van der Waals surface area contributed by atoms with Gasteiger partial charge in [0.05, 0.1) is 11.5 Å². The minimum absolute atomic E-state index is 0.0385. The van der Waals surface area contributed by atoms with Gasteiger partial charge in [-0.1, -0.05) is 72.8 Å². The Kier molecular flexibility index (Phi) is 6.51. The number of aliphatic hydroxyl groups excluding tert-OH is 2. The highest BCUT2D eigenvalue weighted by Crippen LogP contribution is 2.49. The highest BCUT2D eigenvalue weighted by molar-refractivity contribution is 5.85. The summed E-state index contributed by atoms with van der Waals surface area (Å²) in [5.41, 5.74) is 4.76. The summed E-state index contributed by atoms with van der Waals surface area (Å²) in [4.78, 5) is 23.9. The van der Waals surface area contributed by atoms with Crippen LogP contribution >= 0.6 is 0 Å². The van der Waals surface area contributed by atoms with Gasteiger partial charge in [-0.05, 0) is 52.6 Å². The molecule has 7 nitrogen and oxygen atoms in total. The number of carbonyl (C=O) groups is 2. The Balaban J connectivity index is 1.13. The molecule has 1 fully saturated rings. The largest absolute Gasteiger partial charge is 0.481 e. The topological polar surface area (TPSA) is 116 Å². The first-order chi connectivity index (χ1) is 17.4. The first-order valence-electron chi connectivity index (χ1n) is 12.2. The van der Waals surface area contributed by atoms with E-state index >= 15 is 0 Å². The fourth-order valence-corrected chi connectivity index (χ4v) is 5.12. The van der Waals surface area contributed by atoms with Crippen molar-refractivity contribution in [2.24, 2.45) is 0 Å². The van der Waals surface area contributed by atoms with E-state index in [1.807, 2.05) is 24.3 Å². The smallest absolute Gasteiger partial charge is 0.407 e. The standard InChI is InChI=1S/C29H29NO6/c31-25(26(32)18-6-5-7-19(16-18)29(13-14-29)27(33)34)12-15-30-28(35)36-17-24-22-10-3-1-8-20(22)21-9-2-4-11-23(21)24/h1-11,16,24-26,31-32H,12-15,17H2,(H,30,35)(H,33,34). The van der Waals surface area contributed by atoms with Crippen LogP contribution in [0.1, 0.15) is 53.5 Å². The highest BCUT2D eigenvalue weighted by Gasteiger charge is 2.51. The molecule has 4 N–H and O–H groups in total. The fourth-order valence-electron chi connectivity index (χ4n) is 5.12. The van der Waals surface area contributed by atoms with Gasteiger partial charge in [0.1, 0.15) is 12.7 Å². The Labute approximate surface area is 209 Å². The summed E-state index contributed by atoms with van der Waals surface area (Å²) in [6.45, 7) is 0.316. The van der Waals surface area contributed by atoms with Crippen LogP contribution < -0.4 is 5.32 Å². The van der Waals surface area contributed by atoms with E-state index in [4.69, 9.17) is 4.74 Å². The Hall–Kier alpha value is -3.68. The maximum Gasteiger partial charge on any atom is 0.407 e. The van der Waals surface area contributed by atoms with Crippen molar-refractivity contribution in [1.29, 1.82) is 0 Å². The average molecular weight is 488 g/mol. The van der Waals surface area contributed by atoms with Crippen molar-refractivity contribution < 1.29 is 29.6 Å². The van der Waals surface area contributed by atoms with Crippen LogP contribution in [0.15, 0.2) is 72.8 Å². The fraction of sp³-hybridized carbons (Fsp3) is 0.310. The van der Waals surface area contributed by atoms with Crippen LogP contribution in [0.4, 0.5) is 4.79 Å². The number of hydrogen-bond donors (Lipinski definition) is 4. The van der Waals surface area contributed by atoms with Gasteiger partial charge in [-0.15, -0.1) is 0 Å². The van der Waals surface area contributed by atoms with Crippen LogP contribution in [-0.4, -0.2) is 46.6 Å². The number of alkyl carbamates (subject to hydrolysis) is 1. The van der Waals surface area contributed by atoms with E-state index in [2.05, 4.69) is 29.6 Å². The molecule has 36 heavy (non-hydrogen) atoms. The molecule has 0 spiro atoms. The van der Waals surface area contributed by atoms with E-state index in [0.717, 1.165) is 22.3 Å². The van der Waals surface area contributed by atoms with Crippen molar-refractivity contribution >= 4 is 12.1 Å². The number of ether oxygens (including phenoxy) is 1. The quantitative estimate of drug-likeness (QED) is 0.361. The number of amides is 1. The summed E-state index contributed by atoms with van der Waals surface area (Å²) in [7, 11) is 0. The molecule has 0 bridgehead atoms. The van der Waals surface area contributed by atoms with E-state index in [0.29, 0.717) is 24.0 Å². The lowest BCUT2D eigenvalue weighted by molar-refractivity contribution is -0.140. The van der Waals surface area contributed by atoms with Crippen LogP contribution in [0.25, 0.3) is 11.1 Å². The van der Waals surface area contributed by atoms with E-state index in [9.17, 15) is 24.9 Å². The van der Waals surface area contributed by atoms with E-state index in [1.54, 1.807) is 24.3 Å². The number of benzene rings is 3. The SMILES string of the molecule is O=C(NCCC(O)C(O)c1cccc(C2(C(=O)O)CC2)c1)OCC1c2ccccc2-c2ccccc21. The summed E-state index contributed by atoms with van der Waals surface area (Å²) < 4.78 is 5.50. The van der Waals surface area contributed by atoms with Gasteiger partial charge in [-0.2, -0.15) is 0 Å². The Morgan fingerprint density at radius 3 is 2.19 bits per heavy atom. The summed E-state index contributed by atoms with van der Waals surface area (Å²) in [5.74, 6) is -0.912. The second-order valence-corrected chi connectivity index (χ2v) is 9.57. The molecule has 0 saturated heterocycles. The molecule has 1 saturated carbocycles. The molecule has 1 amide bonds. The maximum atomic E-state index is 12.3. The maximum absolute atomic E-state index is 12.3. The van der Waals surface area contributed by atoms with Crippen LogP contribution in [0, 0.1) is 0 Å². The zero-order chi connectivity index (χ0) is 25.3. The summed E-state index contributed by atoms with van der Waals surface area (Å²) in [5, 5.41) is 33.2. The predicted octanol–water partition coefficient (Wildman–Crippen LogP) is 4.13. The van der Waals surface area contributed by atoms with Crippen LogP contribution in [0.2, 0.25) is 0 Å². The normalized spacial score (nSPS) is 16.9. The van der Waals surface area contributed by atoms with Crippen molar-refractivity contribution in [1.82, 2.24) is 5.32 Å². The van der Waals surface area contributed by atoms with Crippen molar-refractivity contribution in [3.8, 4) is 11.1 Å². The second-order valence-electron chi connectivity index (χ2n) is 9.57. The number of aliphatic hydroxyl groups is 2. The van der Waals surface area contributed by atoms with Crippen LogP contribution in [0.3, 0.4) is 0 Å². The first kappa shape index (κ1) is 24.0. The molecule has 0 aliphatic heterocycles. The summed E-state index contributed by atoms with van der Waals surface area (Å²) in [6, 6.07) is 22.9. The zero-order valence-electron chi connectivity index (χ0n) is 19.8. The molecular formula is C29H29NO6. The molecule has 2 unspecified atom stereocenters. The lowest BCUT2D eigenvalue weighted by atomic mass is 9.92. The van der Waals surface area contributed by atoms with Gasteiger partial charge in [-0.3, -0.25) is 4.79 Å². The number of carboxylic acids is 1.